The number of hydrogen-bond acceptors (Lipinski definition) is 2. The maximum absolute atomic E-state index is 12.8. The Kier molecular flexibility index (Phi) is 3.61. The number of carboxylic acids is 1. The van der Waals surface area contributed by atoms with Crippen molar-refractivity contribution in [2.75, 3.05) is 5.73 Å². The molecule has 0 radical (unpaired) electrons. The lowest BCUT2D eigenvalue weighted by Gasteiger charge is -2.06. The Labute approximate surface area is 109 Å². The number of nitrogens with two attached hydrogens (primary N) is 1. The largest absolute Gasteiger partial charge is 0.478 e. The summed E-state index contributed by atoms with van der Waals surface area (Å²) in [7, 11) is 0. The maximum atomic E-state index is 12.8. The van der Waals surface area contributed by atoms with Crippen LogP contribution in [0.5, 0.6) is 0 Å². The first kappa shape index (κ1) is 12.8. The zero-order chi connectivity index (χ0) is 13.8. The molecule has 0 aliphatic carbocycles. The Morgan fingerprint density at radius 3 is 2.32 bits per heavy atom. The number of carbonyl (C=O) groups is 1. The van der Waals surface area contributed by atoms with Gasteiger partial charge in [0.15, 0.2) is 0 Å². The van der Waals surface area contributed by atoms with Crippen molar-refractivity contribution in [3.63, 3.8) is 0 Å². The number of anilines is 1. The topological polar surface area (TPSA) is 63.3 Å². The molecule has 0 atom stereocenters. The molecule has 3 nitrogen and oxygen atoms in total. The highest BCUT2D eigenvalue weighted by atomic mass is 19.1. The summed E-state index contributed by atoms with van der Waals surface area (Å²) in [5, 5.41) is 9.27. The fraction of sp³-hybridized carbons (Fsp3) is 0. The summed E-state index contributed by atoms with van der Waals surface area (Å²) < 4.78 is 12.8. The Hall–Kier alpha value is -2.62. The summed E-state index contributed by atoms with van der Waals surface area (Å²) in [6.45, 7) is 0. The van der Waals surface area contributed by atoms with Gasteiger partial charge in [0.2, 0.25) is 0 Å². The number of nitrogen functional groups attached to an aromatic ring is 1. The highest BCUT2D eigenvalue weighted by Crippen LogP contribution is 2.24. The van der Waals surface area contributed by atoms with E-state index in [0.29, 0.717) is 16.8 Å². The van der Waals surface area contributed by atoms with Crippen LogP contribution in [-0.4, -0.2) is 11.1 Å². The first-order chi connectivity index (χ1) is 9.08. The zero-order valence-electron chi connectivity index (χ0n) is 10.0. The molecule has 2 aromatic rings. The molecule has 0 aliphatic heterocycles. The molecule has 0 bridgehead atoms. The summed E-state index contributed by atoms with van der Waals surface area (Å²) in [5.74, 6) is -1.45. The summed E-state index contributed by atoms with van der Waals surface area (Å²) >= 11 is 0. The number of rotatable bonds is 3. The highest BCUT2D eigenvalue weighted by Gasteiger charge is 2.12. The second kappa shape index (κ2) is 5.35. The molecular weight excluding hydrogens is 245 g/mol. The number of hydrogen-bond donors (Lipinski definition) is 2. The predicted octanol–water partition coefficient (Wildman–Crippen LogP) is 3.03. The molecule has 0 aliphatic rings. The predicted molar refractivity (Wildman–Crippen MR) is 72.8 cm³/mol. The maximum Gasteiger partial charge on any atom is 0.336 e. The van der Waals surface area contributed by atoms with E-state index < -0.39 is 5.97 Å². The van der Waals surface area contributed by atoms with Gasteiger partial charge in [-0.05, 0) is 29.8 Å². The molecule has 0 amide bonds. The van der Waals surface area contributed by atoms with Crippen LogP contribution in [0.2, 0.25) is 0 Å². The standard InChI is InChI=1S/C15H12FNO2/c16-11-7-5-10(6-8-11)9-13(15(18)19)12-3-1-2-4-14(12)17/h1-9H,17H2,(H,18,19)/b13-9+. The Balaban J connectivity index is 2.50. The molecule has 0 spiro atoms. The van der Waals surface area contributed by atoms with Crippen molar-refractivity contribution < 1.29 is 14.3 Å². The van der Waals surface area contributed by atoms with E-state index in [9.17, 15) is 14.3 Å². The second-order valence-electron chi connectivity index (χ2n) is 4.00. The van der Waals surface area contributed by atoms with E-state index in [1.54, 1.807) is 24.3 Å². The first-order valence-corrected chi connectivity index (χ1v) is 5.63. The third-order valence-electron chi connectivity index (χ3n) is 2.66. The molecule has 2 aromatic carbocycles. The molecule has 0 saturated heterocycles. The molecule has 0 saturated carbocycles. The van der Waals surface area contributed by atoms with E-state index in [1.165, 1.54) is 30.3 Å². The molecular formula is C15H12FNO2. The van der Waals surface area contributed by atoms with Gasteiger partial charge in [0.25, 0.3) is 0 Å². The summed E-state index contributed by atoms with van der Waals surface area (Å²) in [4.78, 5) is 11.3. The van der Waals surface area contributed by atoms with Gasteiger partial charge in [-0.1, -0.05) is 30.3 Å². The van der Waals surface area contributed by atoms with Crippen molar-refractivity contribution in [1.29, 1.82) is 0 Å². The lowest BCUT2D eigenvalue weighted by Crippen LogP contribution is -2.02. The van der Waals surface area contributed by atoms with Crippen LogP contribution in [0.15, 0.2) is 48.5 Å². The Morgan fingerprint density at radius 2 is 1.74 bits per heavy atom. The van der Waals surface area contributed by atoms with Crippen molar-refractivity contribution in [3.8, 4) is 0 Å². The Morgan fingerprint density at radius 1 is 1.11 bits per heavy atom. The first-order valence-electron chi connectivity index (χ1n) is 5.63. The van der Waals surface area contributed by atoms with Crippen molar-refractivity contribution in [1.82, 2.24) is 0 Å². The lowest BCUT2D eigenvalue weighted by molar-refractivity contribution is -0.130. The van der Waals surface area contributed by atoms with Gasteiger partial charge >= 0.3 is 5.97 Å². The van der Waals surface area contributed by atoms with Crippen LogP contribution in [-0.2, 0) is 4.79 Å². The van der Waals surface area contributed by atoms with Crippen molar-refractivity contribution in [2.45, 2.75) is 0 Å². The molecule has 0 aromatic heterocycles. The fourth-order valence-electron chi connectivity index (χ4n) is 1.72. The van der Waals surface area contributed by atoms with Crippen LogP contribution in [0.4, 0.5) is 10.1 Å². The smallest absolute Gasteiger partial charge is 0.336 e. The zero-order valence-corrected chi connectivity index (χ0v) is 10.0. The van der Waals surface area contributed by atoms with Crippen LogP contribution in [0.3, 0.4) is 0 Å². The van der Waals surface area contributed by atoms with E-state index in [4.69, 9.17) is 5.73 Å². The third-order valence-corrected chi connectivity index (χ3v) is 2.66. The van der Waals surface area contributed by atoms with E-state index in [0.717, 1.165) is 0 Å². The van der Waals surface area contributed by atoms with Gasteiger partial charge in [-0.2, -0.15) is 0 Å². The van der Waals surface area contributed by atoms with E-state index >= 15 is 0 Å². The third kappa shape index (κ3) is 2.98. The van der Waals surface area contributed by atoms with Crippen molar-refractivity contribution in [2.24, 2.45) is 0 Å². The molecule has 2 rings (SSSR count). The summed E-state index contributed by atoms with van der Waals surface area (Å²) in [6, 6.07) is 12.3. The van der Waals surface area contributed by atoms with Gasteiger partial charge in [-0.3, -0.25) is 0 Å². The van der Waals surface area contributed by atoms with Gasteiger partial charge in [0.1, 0.15) is 5.82 Å². The minimum absolute atomic E-state index is 0.0738. The number of aliphatic carboxylic acids is 1. The lowest BCUT2D eigenvalue weighted by atomic mass is 10.0. The average molecular weight is 257 g/mol. The number of benzene rings is 2. The molecule has 0 heterocycles. The Bertz CT molecular complexity index is 633. The summed E-state index contributed by atoms with van der Waals surface area (Å²) in [6.07, 6.45) is 1.47. The quantitative estimate of drug-likeness (QED) is 0.504. The number of carboxylic acid groups (broad SMARTS) is 1. The number of para-hydroxylation sites is 1. The highest BCUT2D eigenvalue weighted by molar-refractivity contribution is 6.22. The van der Waals surface area contributed by atoms with Crippen LogP contribution in [0.25, 0.3) is 11.6 Å². The minimum Gasteiger partial charge on any atom is -0.478 e. The van der Waals surface area contributed by atoms with Gasteiger partial charge in [-0.15, -0.1) is 0 Å². The van der Waals surface area contributed by atoms with Gasteiger partial charge in [-0.25, -0.2) is 9.18 Å². The van der Waals surface area contributed by atoms with Gasteiger partial charge < -0.3 is 10.8 Å². The number of halogens is 1. The van der Waals surface area contributed by atoms with Crippen LogP contribution in [0.1, 0.15) is 11.1 Å². The van der Waals surface area contributed by atoms with Crippen molar-refractivity contribution >= 4 is 23.3 Å². The van der Waals surface area contributed by atoms with Gasteiger partial charge in [0, 0.05) is 11.3 Å². The van der Waals surface area contributed by atoms with E-state index in [2.05, 4.69) is 0 Å². The SMILES string of the molecule is Nc1ccccc1/C(=C\c1ccc(F)cc1)C(=O)O. The summed E-state index contributed by atoms with van der Waals surface area (Å²) in [5.41, 5.74) is 7.28. The molecule has 0 unspecified atom stereocenters. The minimum atomic E-state index is -1.08. The normalized spacial score (nSPS) is 11.3. The fourth-order valence-corrected chi connectivity index (χ4v) is 1.72. The van der Waals surface area contributed by atoms with Crippen molar-refractivity contribution in [3.05, 3.63) is 65.5 Å². The monoisotopic (exact) mass is 257 g/mol. The molecule has 19 heavy (non-hydrogen) atoms. The second-order valence-corrected chi connectivity index (χ2v) is 4.00. The van der Waals surface area contributed by atoms with Crippen LogP contribution in [0, 0.1) is 5.82 Å². The molecule has 4 heteroatoms. The van der Waals surface area contributed by atoms with E-state index in [-0.39, 0.29) is 11.4 Å². The van der Waals surface area contributed by atoms with Crippen LogP contribution < -0.4 is 5.73 Å². The average Bonchev–Trinajstić information content (AvgIpc) is 2.39. The van der Waals surface area contributed by atoms with Crippen LogP contribution >= 0.6 is 0 Å². The van der Waals surface area contributed by atoms with E-state index in [1.807, 2.05) is 0 Å². The molecule has 96 valence electrons. The molecule has 0 fully saturated rings. The molecule has 3 N–H and O–H groups in total. The van der Waals surface area contributed by atoms with Gasteiger partial charge in [0.05, 0.1) is 5.57 Å².